The molecule has 3 heterocycles. The van der Waals surface area contributed by atoms with Gasteiger partial charge in [-0.1, -0.05) is 102 Å². The molecule has 380 valence electrons. The van der Waals surface area contributed by atoms with Crippen LogP contribution in [0.3, 0.4) is 0 Å². The van der Waals surface area contributed by atoms with Crippen molar-refractivity contribution in [3.63, 3.8) is 0 Å². The lowest BCUT2D eigenvalue weighted by atomic mass is 9.49. The Morgan fingerprint density at radius 2 is 1.72 bits per heavy atom. The van der Waals surface area contributed by atoms with Crippen LogP contribution in [0.2, 0.25) is 5.02 Å². The van der Waals surface area contributed by atoms with E-state index in [1.165, 1.54) is 11.8 Å². The molecule has 0 bridgehead atoms. The molecule has 1 aliphatic carbocycles. The van der Waals surface area contributed by atoms with Gasteiger partial charge in [-0.3, -0.25) is 24.0 Å². The number of thiazole rings is 1. The van der Waals surface area contributed by atoms with E-state index in [1.54, 1.807) is 29.5 Å². The summed E-state index contributed by atoms with van der Waals surface area (Å²) in [6.07, 6.45) is 1.17. The van der Waals surface area contributed by atoms with E-state index in [1.807, 2.05) is 87.5 Å². The number of nitrogens with zero attached hydrogens (tertiary/aromatic N) is 4. The molecule has 14 nitrogen and oxygen atoms in total. The van der Waals surface area contributed by atoms with Crippen LogP contribution in [0.4, 0.5) is 0 Å². The predicted molar refractivity (Wildman–Crippen MR) is 276 cm³/mol. The fourth-order valence-corrected chi connectivity index (χ4v) is 11.9. The highest BCUT2D eigenvalue weighted by atomic mass is 35.5. The summed E-state index contributed by atoms with van der Waals surface area (Å²) in [5.74, 6) is 5.15. The third-order valence-corrected chi connectivity index (χ3v) is 15.3. The number of likely N-dealkylation sites (tertiary alicyclic amines) is 1. The Hall–Kier alpha value is -6.26. The van der Waals surface area contributed by atoms with Crippen LogP contribution < -0.4 is 15.4 Å². The van der Waals surface area contributed by atoms with Crippen LogP contribution in [0, 0.1) is 46.3 Å². The van der Waals surface area contributed by atoms with Gasteiger partial charge in [0.25, 0.3) is 5.91 Å². The molecule has 0 spiro atoms. The molecule has 72 heavy (non-hydrogen) atoms. The second kappa shape index (κ2) is 21.8. The first-order valence-corrected chi connectivity index (χ1v) is 25.7. The number of hydrogen-bond donors (Lipinski definition) is 2. The van der Waals surface area contributed by atoms with Crippen molar-refractivity contribution in [3.8, 4) is 34.1 Å². The Balaban J connectivity index is 0.872. The van der Waals surface area contributed by atoms with E-state index in [-0.39, 0.29) is 60.4 Å². The van der Waals surface area contributed by atoms with Gasteiger partial charge in [-0.25, -0.2) is 4.98 Å². The normalized spacial score (nSPS) is 20.5. The molecule has 1 unspecified atom stereocenters. The van der Waals surface area contributed by atoms with Crippen molar-refractivity contribution in [3.05, 3.63) is 105 Å². The highest BCUT2D eigenvalue weighted by molar-refractivity contribution is 7.13. The maximum Gasteiger partial charge on any atom is 0.302 e. The maximum atomic E-state index is 14.3. The Bertz CT molecular complexity index is 2800. The number of benzene rings is 3. The van der Waals surface area contributed by atoms with E-state index in [2.05, 4.69) is 61.2 Å². The van der Waals surface area contributed by atoms with Gasteiger partial charge in [0.15, 0.2) is 0 Å². The topological polar surface area (TPSA) is 180 Å². The summed E-state index contributed by atoms with van der Waals surface area (Å²) in [4.78, 5) is 76.3. The molecule has 0 radical (unpaired) electrons. The first kappa shape index (κ1) is 53.5. The lowest BCUT2D eigenvalue weighted by molar-refractivity contribution is -0.199. The van der Waals surface area contributed by atoms with Crippen molar-refractivity contribution in [2.75, 3.05) is 19.8 Å². The van der Waals surface area contributed by atoms with E-state index in [0.717, 1.165) is 39.2 Å². The first-order chi connectivity index (χ1) is 34.0. The van der Waals surface area contributed by atoms with Crippen LogP contribution in [0.25, 0.3) is 10.4 Å². The number of esters is 1. The molecule has 1 saturated carbocycles. The molecule has 1 saturated heterocycles. The predicted octanol–water partition coefficient (Wildman–Crippen LogP) is 8.96. The van der Waals surface area contributed by atoms with Crippen molar-refractivity contribution >= 4 is 52.5 Å². The summed E-state index contributed by atoms with van der Waals surface area (Å²) in [6.45, 7) is 19.6. The van der Waals surface area contributed by atoms with Crippen LogP contribution >= 0.6 is 22.9 Å². The molecule has 2 fully saturated rings. The molecule has 4 amide bonds. The van der Waals surface area contributed by atoms with Crippen molar-refractivity contribution in [2.24, 2.45) is 16.2 Å². The monoisotopic (exact) mass is 1020 g/mol. The Labute approximate surface area is 432 Å². The van der Waals surface area contributed by atoms with Crippen molar-refractivity contribution in [1.29, 1.82) is 5.26 Å². The zero-order chi connectivity index (χ0) is 52.3. The van der Waals surface area contributed by atoms with E-state index >= 15 is 0 Å². The molecule has 7 rings (SSSR count). The number of carbonyl (C=O) groups excluding carboxylic acids is 5. The van der Waals surface area contributed by atoms with Gasteiger partial charge in [-0.05, 0) is 73.1 Å². The average molecular weight is 1020 g/mol. The number of hydrogen-bond acceptors (Lipinski definition) is 11. The SMILES string of the molecule is CC(=O)O[C@@H]1CC(C(=O)N[C@@H](C)c2ccc(-c3scnc3C)cc2)N(C(=O)[C@@H](NC(=O)COCCCCC#Cc2ccc3c(c2)C(=O)N(C2C(C)(C)C(Oc4ccc(C#N)c(Cl)c4)C2(C)C)C3)C(C)(C)C)C1. The van der Waals surface area contributed by atoms with Gasteiger partial charge in [0.05, 0.1) is 39.3 Å². The fourth-order valence-electron chi connectivity index (χ4n) is 10.9. The Morgan fingerprint density at radius 1 is 1.00 bits per heavy atom. The number of aryl methyl sites for hydroxylation is 1. The second-order valence-electron chi connectivity index (χ2n) is 21.4. The van der Waals surface area contributed by atoms with Crippen molar-refractivity contribution < 1.29 is 38.2 Å². The highest BCUT2D eigenvalue weighted by Crippen LogP contribution is 2.59. The molecule has 16 heteroatoms. The van der Waals surface area contributed by atoms with Crippen LogP contribution in [-0.2, 0) is 35.2 Å². The number of rotatable bonds is 16. The van der Waals surface area contributed by atoms with Crippen molar-refractivity contribution in [1.82, 2.24) is 25.4 Å². The third-order valence-electron chi connectivity index (χ3n) is 14.0. The smallest absolute Gasteiger partial charge is 0.302 e. The molecule has 1 aromatic heterocycles. The van der Waals surface area contributed by atoms with Crippen molar-refractivity contribution in [2.45, 2.75) is 138 Å². The minimum absolute atomic E-state index is 0.00728. The van der Waals surface area contributed by atoms with Crippen LogP contribution in [-0.4, -0.2) is 94.5 Å². The minimum Gasteiger partial charge on any atom is -0.489 e. The summed E-state index contributed by atoms with van der Waals surface area (Å²) >= 11 is 7.86. The van der Waals surface area contributed by atoms with Gasteiger partial charge in [0.1, 0.15) is 42.7 Å². The van der Waals surface area contributed by atoms with E-state index < -0.39 is 41.4 Å². The highest BCUT2D eigenvalue weighted by Gasteiger charge is 2.67. The zero-order valence-electron chi connectivity index (χ0n) is 42.8. The molecule has 3 aliphatic rings. The first-order valence-electron chi connectivity index (χ1n) is 24.5. The lowest BCUT2D eigenvalue weighted by Crippen LogP contribution is -2.74. The molecule has 4 aromatic rings. The number of fused-ring (bicyclic) bond motifs is 1. The van der Waals surface area contributed by atoms with Gasteiger partial charge in [0, 0.05) is 67.0 Å². The van der Waals surface area contributed by atoms with E-state index in [0.29, 0.717) is 47.9 Å². The summed E-state index contributed by atoms with van der Waals surface area (Å²) in [6, 6.07) is 18.4. The number of amides is 4. The lowest BCUT2D eigenvalue weighted by Gasteiger charge is -2.65. The van der Waals surface area contributed by atoms with Gasteiger partial charge in [0.2, 0.25) is 17.7 Å². The molecule has 2 aliphatic heterocycles. The quantitative estimate of drug-likeness (QED) is 0.0625. The molecular weight excluding hydrogens is 952 g/mol. The van der Waals surface area contributed by atoms with E-state index in [9.17, 15) is 29.2 Å². The molecule has 2 N–H and O–H groups in total. The number of aromatic nitrogens is 1. The fraction of sp³-hybridized carbons (Fsp3) is 0.482. The van der Waals surface area contributed by atoms with Gasteiger partial charge in [-0.2, -0.15) is 5.26 Å². The second-order valence-corrected chi connectivity index (χ2v) is 22.6. The van der Waals surface area contributed by atoms with Crippen LogP contribution in [0.5, 0.6) is 5.75 Å². The number of halogens is 1. The maximum absolute atomic E-state index is 14.3. The number of ether oxygens (including phenoxy) is 3. The van der Waals surface area contributed by atoms with E-state index in [4.69, 9.17) is 25.8 Å². The average Bonchev–Trinajstić information content (AvgIpc) is 4.03. The van der Waals surface area contributed by atoms with Gasteiger partial charge >= 0.3 is 5.97 Å². The Morgan fingerprint density at radius 3 is 2.36 bits per heavy atom. The number of unbranched alkanes of at least 4 members (excludes halogenated alkanes) is 2. The standard InChI is InChI=1S/C56H65ClN6O8S/c1-33(37-18-20-38(21-19-37)47-34(2)59-32-72-47)60-49(66)45-27-42(70-35(3)64)30-62(45)51(68)48(54(4,5)6)61-46(65)31-69-24-14-12-11-13-15-36-16-17-40-29-63(50(67)43(40)25-36)52-55(7,8)53(56(52,9)10)71-41-23-22-39(28-58)44(57)26-41/h16-23,25-26,32-33,42,45,48,52-53H,11-12,14,24,27,29-31H2,1-10H3,(H,60,66)(H,61,65)/t33-,42+,45?,48+,52?,53?/m0/s1. The van der Waals surface area contributed by atoms with Crippen LogP contribution in [0.1, 0.15) is 132 Å². The van der Waals surface area contributed by atoms with Gasteiger partial charge in [-0.15, -0.1) is 11.3 Å². The van der Waals surface area contributed by atoms with Gasteiger partial charge < -0.3 is 34.6 Å². The summed E-state index contributed by atoms with van der Waals surface area (Å²) < 4.78 is 17.7. The zero-order valence-corrected chi connectivity index (χ0v) is 44.4. The molecule has 3 aromatic carbocycles. The molecule has 4 atom stereocenters. The van der Waals surface area contributed by atoms with Crippen LogP contribution in [0.15, 0.2) is 66.2 Å². The number of carbonyl (C=O) groups is 5. The Kier molecular flexibility index (Phi) is 16.2. The summed E-state index contributed by atoms with van der Waals surface area (Å²) in [5, 5.41) is 15.5. The number of nitriles is 1. The number of nitrogens with one attached hydrogen (secondary N) is 2. The minimum atomic E-state index is -1.00. The summed E-state index contributed by atoms with van der Waals surface area (Å²) in [7, 11) is 0. The largest absolute Gasteiger partial charge is 0.489 e. The molecular formula is C56H65ClN6O8S. The third kappa shape index (κ3) is 11.7. The summed E-state index contributed by atoms with van der Waals surface area (Å²) in [5.41, 5.74) is 5.94.